The van der Waals surface area contributed by atoms with E-state index < -0.39 is 11.8 Å². The van der Waals surface area contributed by atoms with Crippen LogP contribution >= 0.6 is 0 Å². The zero-order valence-electron chi connectivity index (χ0n) is 13.5. The minimum absolute atomic E-state index is 0.138. The molecule has 0 unspecified atom stereocenters. The second kappa shape index (κ2) is 7.92. The van der Waals surface area contributed by atoms with Gasteiger partial charge < -0.3 is 10.4 Å². The number of hydrogen-bond donors (Lipinski definition) is 3. The third-order valence-electron chi connectivity index (χ3n) is 3.31. The Kier molecular flexibility index (Phi) is 5.68. The van der Waals surface area contributed by atoms with E-state index in [0.717, 1.165) is 5.56 Å². The first kappa shape index (κ1) is 17.2. The van der Waals surface area contributed by atoms with Crippen molar-refractivity contribution in [2.45, 2.75) is 19.8 Å². The Hall–Kier alpha value is -3.15. The van der Waals surface area contributed by atoms with Crippen molar-refractivity contribution >= 4 is 23.7 Å². The van der Waals surface area contributed by atoms with Crippen LogP contribution in [0.4, 0.5) is 5.69 Å². The fraction of sp³-hybridized carbons (Fsp3) is 0.167. The lowest BCUT2D eigenvalue weighted by Gasteiger charge is -2.07. The van der Waals surface area contributed by atoms with E-state index in [9.17, 15) is 9.59 Å². The number of phenolic OH excluding ortho intramolecular Hbond substituents is 1. The first-order valence-corrected chi connectivity index (χ1v) is 7.49. The normalized spacial score (nSPS) is 10.8. The average molecular weight is 325 g/mol. The van der Waals surface area contributed by atoms with Crippen molar-refractivity contribution in [3.8, 4) is 5.75 Å². The van der Waals surface area contributed by atoms with Crippen molar-refractivity contribution in [1.29, 1.82) is 0 Å². The SMILES string of the molecule is CC(C)c1ccc(NC(=O)C(=O)N/N=C\c2ccc(O)cc2)cc1. The number of hydrogen-bond acceptors (Lipinski definition) is 4. The van der Waals surface area contributed by atoms with Gasteiger partial charge in [-0.3, -0.25) is 9.59 Å². The van der Waals surface area contributed by atoms with Crippen molar-refractivity contribution in [1.82, 2.24) is 5.43 Å². The summed E-state index contributed by atoms with van der Waals surface area (Å²) < 4.78 is 0. The quantitative estimate of drug-likeness (QED) is 0.458. The molecule has 0 aliphatic carbocycles. The molecule has 0 fully saturated rings. The molecule has 0 saturated carbocycles. The molecular weight excluding hydrogens is 306 g/mol. The molecule has 0 aliphatic rings. The molecule has 0 bridgehead atoms. The number of anilines is 1. The van der Waals surface area contributed by atoms with Crippen LogP contribution in [-0.4, -0.2) is 23.1 Å². The minimum Gasteiger partial charge on any atom is -0.508 e. The number of benzene rings is 2. The van der Waals surface area contributed by atoms with E-state index in [-0.39, 0.29) is 5.75 Å². The molecule has 124 valence electrons. The van der Waals surface area contributed by atoms with Crippen molar-refractivity contribution in [3.63, 3.8) is 0 Å². The number of rotatable bonds is 4. The van der Waals surface area contributed by atoms with Crippen LogP contribution in [0.3, 0.4) is 0 Å². The van der Waals surface area contributed by atoms with Crippen molar-refractivity contribution in [3.05, 3.63) is 59.7 Å². The van der Waals surface area contributed by atoms with Crippen LogP contribution < -0.4 is 10.7 Å². The highest BCUT2D eigenvalue weighted by atomic mass is 16.3. The molecule has 0 aromatic heterocycles. The molecule has 2 rings (SSSR count). The third-order valence-corrected chi connectivity index (χ3v) is 3.31. The average Bonchev–Trinajstić information content (AvgIpc) is 2.57. The van der Waals surface area contributed by atoms with Crippen LogP contribution in [-0.2, 0) is 9.59 Å². The van der Waals surface area contributed by atoms with Gasteiger partial charge in [0, 0.05) is 5.69 Å². The molecule has 0 aliphatic heterocycles. The zero-order valence-corrected chi connectivity index (χ0v) is 13.5. The summed E-state index contributed by atoms with van der Waals surface area (Å²) in [6.45, 7) is 4.15. The fourth-order valence-corrected chi connectivity index (χ4v) is 1.92. The van der Waals surface area contributed by atoms with Crippen LogP contribution in [0.25, 0.3) is 0 Å². The summed E-state index contributed by atoms with van der Waals surface area (Å²) >= 11 is 0. The van der Waals surface area contributed by atoms with Gasteiger partial charge in [-0.15, -0.1) is 0 Å². The molecule has 2 aromatic carbocycles. The number of carbonyl (C=O) groups excluding carboxylic acids is 2. The van der Waals surface area contributed by atoms with Gasteiger partial charge in [0.2, 0.25) is 0 Å². The van der Waals surface area contributed by atoms with Gasteiger partial charge >= 0.3 is 11.8 Å². The number of amides is 2. The number of carbonyl (C=O) groups is 2. The highest BCUT2D eigenvalue weighted by Crippen LogP contribution is 2.17. The van der Waals surface area contributed by atoms with Gasteiger partial charge in [-0.05, 0) is 53.4 Å². The fourth-order valence-electron chi connectivity index (χ4n) is 1.92. The molecule has 6 heteroatoms. The topological polar surface area (TPSA) is 90.8 Å². The number of hydrazone groups is 1. The van der Waals surface area contributed by atoms with E-state index >= 15 is 0 Å². The van der Waals surface area contributed by atoms with Gasteiger partial charge in [-0.1, -0.05) is 26.0 Å². The summed E-state index contributed by atoms with van der Waals surface area (Å²) in [5.74, 6) is -1.13. The van der Waals surface area contributed by atoms with Crippen molar-refractivity contribution < 1.29 is 14.7 Å². The summed E-state index contributed by atoms with van der Waals surface area (Å²) in [5.41, 5.74) is 4.52. The maximum Gasteiger partial charge on any atom is 0.329 e. The molecular formula is C18H19N3O3. The standard InChI is InChI=1S/C18H19N3O3/c1-12(2)14-5-7-15(8-6-14)20-17(23)18(24)21-19-11-13-3-9-16(22)10-4-13/h3-12,22H,1-2H3,(H,20,23)(H,21,24)/b19-11-. The van der Waals surface area contributed by atoms with E-state index in [1.165, 1.54) is 18.3 Å². The summed E-state index contributed by atoms with van der Waals surface area (Å²) in [6.07, 6.45) is 1.38. The highest BCUT2D eigenvalue weighted by Gasteiger charge is 2.12. The van der Waals surface area contributed by atoms with E-state index in [0.29, 0.717) is 17.2 Å². The van der Waals surface area contributed by atoms with Crippen molar-refractivity contribution in [2.24, 2.45) is 5.10 Å². The van der Waals surface area contributed by atoms with Gasteiger partial charge in [0.15, 0.2) is 0 Å². The summed E-state index contributed by atoms with van der Waals surface area (Å²) in [7, 11) is 0. The lowest BCUT2D eigenvalue weighted by Crippen LogP contribution is -2.32. The largest absolute Gasteiger partial charge is 0.508 e. The van der Waals surface area contributed by atoms with Gasteiger partial charge in [-0.25, -0.2) is 5.43 Å². The Bertz CT molecular complexity index is 735. The number of aromatic hydroxyl groups is 1. The maximum atomic E-state index is 11.8. The van der Waals surface area contributed by atoms with Gasteiger partial charge in [0.05, 0.1) is 6.21 Å². The Morgan fingerprint density at radius 3 is 2.21 bits per heavy atom. The molecule has 0 spiro atoms. The minimum atomic E-state index is -0.863. The van der Waals surface area contributed by atoms with Crippen LogP contribution in [0.2, 0.25) is 0 Å². The second-order valence-electron chi connectivity index (χ2n) is 5.52. The van der Waals surface area contributed by atoms with Crippen LogP contribution in [0.1, 0.15) is 30.9 Å². The van der Waals surface area contributed by atoms with E-state index in [1.54, 1.807) is 24.3 Å². The van der Waals surface area contributed by atoms with Crippen molar-refractivity contribution in [2.75, 3.05) is 5.32 Å². The molecule has 2 amide bonds. The Labute approximate surface area is 140 Å². The second-order valence-corrected chi connectivity index (χ2v) is 5.52. The van der Waals surface area contributed by atoms with Crippen LogP contribution in [0.15, 0.2) is 53.6 Å². The first-order chi connectivity index (χ1) is 11.5. The summed E-state index contributed by atoms with van der Waals surface area (Å²) in [4.78, 5) is 23.5. The first-order valence-electron chi connectivity index (χ1n) is 7.49. The summed E-state index contributed by atoms with van der Waals surface area (Å²) in [5, 5.41) is 15.4. The Morgan fingerprint density at radius 1 is 1.00 bits per heavy atom. The van der Waals surface area contributed by atoms with Gasteiger partial charge in [-0.2, -0.15) is 5.10 Å². The lowest BCUT2D eigenvalue weighted by molar-refractivity contribution is -0.136. The van der Waals surface area contributed by atoms with Gasteiger partial charge in [0.1, 0.15) is 5.75 Å². The Balaban J connectivity index is 1.87. The molecule has 0 radical (unpaired) electrons. The predicted octanol–water partition coefficient (Wildman–Crippen LogP) is 2.60. The van der Waals surface area contributed by atoms with Gasteiger partial charge in [0.25, 0.3) is 0 Å². The molecule has 2 aromatic rings. The molecule has 0 atom stereocenters. The Morgan fingerprint density at radius 2 is 1.62 bits per heavy atom. The summed E-state index contributed by atoms with van der Waals surface area (Å²) in [6, 6.07) is 13.6. The van der Waals surface area contributed by atoms with E-state index in [1.807, 2.05) is 12.1 Å². The predicted molar refractivity (Wildman–Crippen MR) is 93.0 cm³/mol. The molecule has 3 N–H and O–H groups in total. The maximum absolute atomic E-state index is 11.8. The third kappa shape index (κ3) is 4.95. The molecule has 6 nitrogen and oxygen atoms in total. The monoisotopic (exact) mass is 325 g/mol. The lowest BCUT2D eigenvalue weighted by atomic mass is 10.0. The highest BCUT2D eigenvalue weighted by molar-refractivity contribution is 6.39. The molecule has 0 saturated heterocycles. The number of nitrogens with one attached hydrogen (secondary N) is 2. The molecule has 24 heavy (non-hydrogen) atoms. The molecule has 0 heterocycles. The van der Waals surface area contributed by atoms with E-state index in [2.05, 4.69) is 29.7 Å². The zero-order chi connectivity index (χ0) is 17.5. The number of phenols is 1. The van der Waals surface area contributed by atoms with Crippen LogP contribution in [0.5, 0.6) is 5.75 Å². The number of nitrogens with zero attached hydrogens (tertiary/aromatic N) is 1. The van der Waals surface area contributed by atoms with Crippen LogP contribution in [0, 0.1) is 0 Å². The smallest absolute Gasteiger partial charge is 0.329 e. The van der Waals surface area contributed by atoms with E-state index in [4.69, 9.17) is 5.11 Å².